The highest BCUT2D eigenvalue weighted by molar-refractivity contribution is 5.58. The third-order valence-electron chi connectivity index (χ3n) is 2.51. The Morgan fingerprint density at radius 3 is 3.08 bits per heavy atom. The predicted molar refractivity (Wildman–Crippen MR) is 51.3 cm³/mol. The lowest BCUT2D eigenvalue weighted by Gasteiger charge is -2.11. The summed E-state index contributed by atoms with van der Waals surface area (Å²) in [6.45, 7) is 1.79. The Labute approximate surface area is 73.0 Å². The van der Waals surface area contributed by atoms with Crippen LogP contribution in [-0.2, 0) is 13.0 Å². The van der Waals surface area contributed by atoms with Gasteiger partial charge < -0.3 is 10.6 Å². The number of likely N-dealkylation sites (N-methyl/N-ethyl adjacent to an activating group) is 1. The van der Waals surface area contributed by atoms with Crippen molar-refractivity contribution < 1.29 is 0 Å². The quantitative estimate of drug-likeness (QED) is 0.671. The van der Waals surface area contributed by atoms with Gasteiger partial charge in [-0.25, -0.2) is 0 Å². The number of rotatable bonds is 1. The molecule has 0 bridgehead atoms. The number of hydrogen-bond donors (Lipinski definition) is 1. The first kappa shape index (κ1) is 7.62. The molecule has 2 rings (SSSR count). The highest BCUT2D eigenvalue weighted by Gasteiger charge is 2.14. The maximum Gasteiger partial charge on any atom is 0.0397 e. The number of fused-ring (bicyclic) bond motifs is 1. The Kier molecular flexibility index (Phi) is 1.77. The fraction of sp³-hybridized carbons (Fsp3) is 0.400. The number of nitrogens with two attached hydrogens (primary N) is 1. The fourth-order valence-corrected chi connectivity index (χ4v) is 1.75. The first-order chi connectivity index (χ1) is 5.81. The number of hydrogen-bond acceptors (Lipinski definition) is 2. The average molecular weight is 162 g/mol. The van der Waals surface area contributed by atoms with Crippen LogP contribution in [0, 0.1) is 0 Å². The van der Waals surface area contributed by atoms with E-state index < -0.39 is 0 Å². The molecule has 0 fully saturated rings. The van der Waals surface area contributed by atoms with E-state index in [1.807, 2.05) is 0 Å². The molecule has 0 unspecified atom stereocenters. The molecule has 0 aromatic heterocycles. The van der Waals surface area contributed by atoms with E-state index >= 15 is 0 Å². The SMILES string of the molecule is CN1CCc2cc(CN)ccc21. The van der Waals surface area contributed by atoms with Crippen LogP contribution in [-0.4, -0.2) is 13.6 Å². The van der Waals surface area contributed by atoms with Crippen LogP contribution in [0.4, 0.5) is 5.69 Å². The Hall–Kier alpha value is -1.02. The number of benzene rings is 1. The predicted octanol–water partition coefficient (Wildman–Crippen LogP) is 1.14. The van der Waals surface area contributed by atoms with Gasteiger partial charge in [0.25, 0.3) is 0 Å². The van der Waals surface area contributed by atoms with E-state index in [9.17, 15) is 0 Å². The van der Waals surface area contributed by atoms with Crippen LogP contribution in [0.3, 0.4) is 0 Å². The van der Waals surface area contributed by atoms with Crippen LogP contribution in [0.1, 0.15) is 11.1 Å². The van der Waals surface area contributed by atoms with Gasteiger partial charge in [0.1, 0.15) is 0 Å². The van der Waals surface area contributed by atoms with Crippen molar-refractivity contribution in [2.75, 3.05) is 18.5 Å². The van der Waals surface area contributed by atoms with Crippen molar-refractivity contribution in [2.24, 2.45) is 5.73 Å². The monoisotopic (exact) mass is 162 g/mol. The van der Waals surface area contributed by atoms with E-state index in [2.05, 4.69) is 30.1 Å². The molecule has 0 saturated heterocycles. The van der Waals surface area contributed by atoms with Crippen molar-refractivity contribution in [3.8, 4) is 0 Å². The Balaban J connectivity index is 2.41. The average Bonchev–Trinajstić information content (AvgIpc) is 2.47. The van der Waals surface area contributed by atoms with Gasteiger partial charge in [-0.05, 0) is 23.6 Å². The molecule has 1 aromatic rings. The van der Waals surface area contributed by atoms with Gasteiger partial charge in [0, 0.05) is 25.8 Å². The lowest BCUT2D eigenvalue weighted by molar-refractivity contribution is 0.955. The molecule has 1 aromatic carbocycles. The summed E-state index contributed by atoms with van der Waals surface area (Å²) in [5.74, 6) is 0. The molecule has 2 heteroatoms. The zero-order chi connectivity index (χ0) is 8.55. The molecule has 0 spiro atoms. The summed E-state index contributed by atoms with van der Waals surface area (Å²) in [6, 6.07) is 6.50. The summed E-state index contributed by atoms with van der Waals surface area (Å²) < 4.78 is 0. The van der Waals surface area contributed by atoms with E-state index in [4.69, 9.17) is 5.73 Å². The molecule has 64 valence electrons. The largest absolute Gasteiger partial charge is 0.374 e. The number of anilines is 1. The van der Waals surface area contributed by atoms with E-state index in [1.54, 1.807) is 0 Å². The van der Waals surface area contributed by atoms with Crippen molar-refractivity contribution in [3.63, 3.8) is 0 Å². The molecule has 1 heterocycles. The maximum absolute atomic E-state index is 5.56. The van der Waals surface area contributed by atoms with Crippen LogP contribution in [0.25, 0.3) is 0 Å². The molecular formula is C10H14N2. The van der Waals surface area contributed by atoms with Crippen molar-refractivity contribution in [2.45, 2.75) is 13.0 Å². The van der Waals surface area contributed by atoms with Gasteiger partial charge in [-0.3, -0.25) is 0 Å². The molecule has 2 N–H and O–H groups in total. The summed E-state index contributed by atoms with van der Waals surface area (Å²) in [6.07, 6.45) is 1.17. The third-order valence-corrected chi connectivity index (χ3v) is 2.51. The van der Waals surface area contributed by atoms with Crippen LogP contribution in [0.15, 0.2) is 18.2 Å². The minimum Gasteiger partial charge on any atom is -0.374 e. The molecule has 1 aliphatic heterocycles. The standard InChI is InChI=1S/C10H14N2/c1-12-5-4-9-6-8(7-11)2-3-10(9)12/h2-3,6H,4-5,7,11H2,1H3. The summed E-state index contributed by atoms with van der Waals surface area (Å²) in [4.78, 5) is 2.29. The Bertz CT molecular complexity index is 294. The molecule has 0 aliphatic carbocycles. The molecule has 0 amide bonds. The summed E-state index contributed by atoms with van der Waals surface area (Å²) >= 11 is 0. The maximum atomic E-state index is 5.56. The van der Waals surface area contributed by atoms with Crippen molar-refractivity contribution in [3.05, 3.63) is 29.3 Å². The summed E-state index contributed by atoms with van der Waals surface area (Å²) in [5.41, 5.74) is 9.62. The van der Waals surface area contributed by atoms with E-state index in [1.165, 1.54) is 23.2 Å². The molecular weight excluding hydrogens is 148 g/mol. The normalized spacial score (nSPS) is 15.0. The lowest BCUT2D eigenvalue weighted by Crippen LogP contribution is -2.12. The van der Waals surface area contributed by atoms with Crippen LogP contribution >= 0.6 is 0 Å². The van der Waals surface area contributed by atoms with Crippen molar-refractivity contribution >= 4 is 5.69 Å². The van der Waals surface area contributed by atoms with E-state index in [-0.39, 0.29) is 0 Å². The van der Waals surface area contributed by atoms with Crippen LogP contribution in [0.5, 0.6) is 0 Å². The summed E-state index contributed by atoms with van der Waals surface area (Å²) in [5, 5.41) is 0. The topological polar surface area (TPSA) is 29.3 Å². The van der Waals surface area contributed by atoms with E-state index in [0.717, 1.165) is 6.54 Å². The van der Waals surface area contributed by atoms with Gasteiger partial charge in [0.15, 0.2) is 0 Å². The second kappa shape index (κ2) is 2.79. The van der Waals surface area contributed by atoms with Gasteiger partial charge in [-0.2, -0.15) is 0 Å². The third kappa shape index (κ3) is 1.08. The molecule has 2 nitrogen and oxygen atoms in total. The van der Waals surface area contributed by atoms with Gasteiger partial charge in [-0.15, -0.1) is 0 Å². The fourth-order valence-electron chi connectivity index (χ4n) is 1.75. The molecule has 0 saturated carbocycles. The zero-order valence-corrected chi connectivity index (χ0v) is 7.38. The lowest BCUT2D eigenvalue weighted by atomic mass is 10.1. The second-order valence-electron chi connectivity index (χ2n) is 3.34. The molecule has 0 atom stereocenters. The van der Waals surface area contributed by atoms with E-state index in [0.29, 0.717) is 6.54 Å². The first-order valence-electron chi connectivity index (χ1n) is 4.34. The number of nitrogens with zero attached hydrogens (tertiary/aromatic N) is 1. The van der Waals surface area contributed by atoms with Gasteiger partial charge >= 0.3 is 0 Å². The van der Waals surface area contributed by atoms with Gasteiger partial charge in [-0.1, -0.05) is 12.1 Å². The molecule has 1 aliphatic rings. The first-order valence-corrected chi connectivity index (χ1v) is 4.34. The summed E-state index contributed by atoms with van der Waals surface area (Å²) in [7, 11) is 2.13. The smallest absolute Gasteiger partial charge is 0.0397 e. The highest BCUT2D eigenvalue weighted by Crippen LogP contribution is 2.26. The highest BCUT2D eigenvalue weighted by atomic mass is 15.1. The van der Waals surface area contributed by atoms with Crippen molar-refractivity contribution in [1.29, 1.82) is 0 Å². The van der Waals surface area contributed by atoms with Crippen LogP contribution in [0.2, 0.25) is 0 Å². The molecule has 12 heavy (non-hydrogen) atoms. The minimum atomic E-state index is 0.650. The minimum absolute atomic E-state index is 0.650. The second-order valence-corrected chi connectivity index (χ2v) is 3.34. The van der Waals surface area contributed by atoms with Gasteiger partial charge in [0.2, 0.25) is 0 Å². The Morgan fingerprint density at radius 1 is 1.50 bits per heavy atom. The van der Waals surface area contributed by atoms with Crippen LogP contribution < -0.4 is 10.6 Å². The van der Waals surface area contributed by atoms with Crippen molar-refractivity contribution in [1.82, 2.24) is 0 Å². The Morgan fingerprint density at radius 2 is 2.33 bits per heavy atom. The zero-order valence-electron chi connectivity index (χ0n) is 7.38. The molecule has 0 radical (unpaired) electrons. The van der Waals surface area contributed by atoms with Gasteiger partial charge in [0.05, 0.1) is 0 Å².